The summed E-state index contributed by atoms with van der Waals surface area (Å²) in [6.07, 6.45) is 8.46. The number of rotatable bonds is 5. The lowest BCUT2D eigenvalue weighted by Crippen LogP contribution is -2.60. The van der Waals surface area contributed by atoms with Gasteiger partial charge >= 0.3 is 0 Å². The van der Waals surface area contributed by atoms with Crippen LogP contribution in [0.1, 0.15) is 59.3 Å². The van der Waals surface area contributed by atoms with Crippen LogP contribution in [0.15, 0.2) is 0 Å². The van der Waals surface area contributed by atoms with Gasteiger partial charge in [-0.3, -0.25) is 4.90 Å². The Morgan fingerprint density at radius 3 is 2.70 bits per heavy atom. The Morgan fingerprint density at radius 2 is 2.05 bits per heavy atom. The minimum absolute atomic E-state index is 0.391. The Balaban J connectivity index is 2.07. The normalized spacial score (nSPS) is 39.9. The van der Waals surface area contributed by atoms with E-state index in [0.717, 1.165) is 19.1 Å². The summed E-state index contributed by atoms with van der Waals surface area (Å²) in [4.78, 5) is 2.77. The van der Waals surface area contributed by atoms with E-state index in [-0.39, 0.29) is 0 Å². The number of hydrogen-bond acceptors (Lipinski definition) is 3. The van der Waals surface area contributed by atoms with Crippen molar-refractivity contribution in [2.45, 2.75) is 83.5 Å². The number of hydrogen-bond donors (Lipinski definition) is 1. The average molecular weight is 282 g/mol. The van der Waals surface area contributed by atoms with E-state index in [9.17, 15) is 0 Å². The van der Waals surface area contributed by atoms with Gasteiger partial charge in [-0.15, -0.1) is 0 Å². The SMILES string of the molecule is CCCC1CCC(NC)C(N2CC(C)OCC2CC)C1. The van der Waals surface area contributed by atoms with E-state index < -0.39 is 0 Å². The van der Waals surface area contributed by atoms with E-state index in [2.05, 4.69) is 38.0 Å². The molecule has 1 heterocycles. The molecule has 0 radical (unpaired) electrons. The predicted molar refractivity (Wildman–Crippen MR) is 85.1 cm³/mol. The van der Waals surface area contributed by atoms with Crippen molar-refractivity contribution in [2.75, 3.05) is 20.2 Å². The van der Waals surface area contributed by atoms with Gasteiger partial charge in [-0.2, -0.15) is 0 Å². The van der Waals surface area contributed by atoms with Gasteiger partial charge < -0.3 is 10.1 Å². The number of likely N-dealkylation sites (N-methyl/N-ethyl adjacent to an activating group) is 1. The van der Waals surface area contributed by atoms with Crippen LogP contribution in [0.5, 0.6) is 0 Å². The number of morpholine rings is 1. The maximum atomic E-state index is 5.88. The molecular weight excluding hydrogens is 248 g/mol. The van der Waals surface area contributed by atoms with E-state index in [1.807, 2.05) is 0 Å². The predicted octanol–water partition coefficient (Wildman–Crippen LogP) is 3.04. The summed E-state index contributed by atoms with van der Waals surface area (Å²) in [7, 11) is 2.14. The van der Waals surface area contributed by atoms with Gasteiger partial charge in [0, 0.05) is 24.7 Å². The summed E-state index contributed by atoms with van der Waals surface area (Å²) >= 11 is 0. The van der Waals surface area contributed by atoms with Crippen LogP contribution < -0.4 is 5.32 Å². The van der Waals surface area contributed by atoms with Crippen LogP contribution in [-0.4, -0.2) is 49.3 Å². The zero-order valence-electron chi connectivity index (χ0n) is 13.9. The van der Waals surface area contributed by atoms with Gasteiger partial charge in [0.25, 0.3) is 0 Å². The molecule has 2 aliphatic rings. The highest BCUT2D eigenvalue weighted by atomic mass is 16.5. The van der Waals surface area contributed by atoms with E-state index >= 15 is 0 Å². The van der Waals surface area contributed by atoms with Crippen LogP contribution >= 0.6 is 0 Å². The molecule has 5 atom stereocenters. The molecule has 3 nitrogen and oxygen atoms in total. The molecule has 0 aromatic rings. The highest BCUT2D eigenvalue weighted by molar-refractivity contribution is 4.94. The molecule has 0 aromatic heterocycles. The van der Waals surface area contributed by atoms with Gasteiger partial charge in [0.15, 0.2) is 0 Å². The average Bonchev–Trinajstić information content (AvgIpc) is 2.47. The van der Waals surface area contributed by atoms with E-state index in [0.29, 0.717) is 24.2 Å². The summed E-state index contributed by atoms with van der Waals surface area (Å²) in [5, 5.41) is 3.59. The standard InChI is InChI=1S/C17H34N2O/c1-5-7-14-8-9-16(18-4)17(10-14)19-11-13(3)20-12-15(19)6-2/h13-18H,5-12H2,1-4H3. The lowest BCUT2D eigenvalue weighted by Gasteiger charge is -2.49. The molecule has 1 saturated carbocycles. The minimum atomic E-state index is 0.391. The van der Waals surface area contributed by atoms with Crippen LogP contribution in [0.3, 0.4) is 0 Å². The van der Waals surface area contributed by atoms with Crippen molar-refractivity contribution in [3.63, 3.8) is 0 Å². The van der Waals surface area contributed by atoms with E-state index in [4.69, 9.17) is 4.74 Å². The molecule has 0 bridgehead atoms. The van der Waals surface area contributed by atoms with E-state index in [1.165, 1.54) is 38.5 Å². The zero-order valence-corrected chi connectivity index (χ0v) is 13.9. The molecule has 1 N–H and O–H groups in total. The van der Waals surface area contributed by atoms with Crippen molar-refractivity contribution < 1.29 is 4.74 Å². The maximum absolute atomic E-state index is 5.88. The summed E-state index contributed by atoms with van der Waals surface area (Å²) in [6, 6.07) is 2.00. The van der Waals surface area contributed by atoms with Crippen molar-refractivity contribution in [1.29, 1.82) is 0 Å². The van der Waals surface area contributed by atoms with Crippen LogP contribution in [0.25, 0.3) is 0 Å². The Morgan fingerprint density at radius 1 is 1.25 bits per heavy atom. The van der Waals surface area contributed by atoms with Gasteiger partial charge in [0.05, 0.1) is 12.7 Å². The lowest BCUT2D eigenvalue weighted by atomic mass is 9.78. The highest BCUT2D eigenvalue weighted by Crippen LogP contribution is 2.33. The smallest absolute Gasteiger partial charge is 0.0674 e. The Labute approximate surface area is 125 Å². The quantitative estimate of drug-likeness (QED) is 0.839. The molecule has 0 aromatic carbocycles. The molecule has 1 saturated heterocycles. The molecule has 3 heteroatoms. The first kappa shape index (κ1) is 16.3. The van der Waals surface area contributed by atoms with Gasteiger partial charge in [0.2, 0.25) is 0 Å². The van der Waals surface area contributed by atoms with Gasteiger partial charge in [-0.1, -0.05) is 26.7 Å². The molecule has 0 amide bonds. The Hall–Kier alpha value is -0.120. The number of nitrogens with zero attached hydrogens (tertiary/aromatic N) is 1. The van der Waals surface area contributed by atoms with Crippen LogP contribution in [0.2, 0.25) is 0 Å². The Kier molecular flexibility index (Phi) is 6.31. The monoisotopic (exact) mass is 282 g/mol. The molecule has 1 aliphatic carbocycles. The zero-order chi connectivity index (χ0) is 14.5. The largest absolute Gasteiger partial charge is 0.376 e. The Bertz CT molecular complexity index is 284. The second-order valence-corrected chi connectivity index (χ2v) is 6.83. The molecule has 20 heavy (non-hydrogen) atoms. The molecular formula is C17H34N2O. The van der Waals surface area contributed by atoms with Crippen molar-refractivity contribution >= 4 is 0 Å². The van der Waals surface area contributed by atoms with Gasteiger partial charge in [0.1, 0.15) is 0 Å². The maximum Gasteiger partial charge on any atom is 0.0674 e. The summed E-state index contributed by atoms with van der Waals surface area (Å²) in [6.45, 7) is 8.88. The fourth-order valence-corrected chi connectivity index (χ4v) is 4.23. The molecule has 118 valence electrons. The fraction of sp³-hybridized carbons (Fsp3) is 1.00. The van der Waals surface area contributed by atoms with Crippen LogP contribution in [-0.2, 0) is 4.74 Å². The van der Waals surface area contributed by atoms with Crippen molar-refractivity contribution in [2.24, 2.45) is 5.92 Å². The summed E-state index contributed by atoms with van der Waals surface area (Å²) < 4.78 is 5.88. The second kappa shape index (κ2) is 7.77. The minimum Gasteiger partial charge on any atom is -0.376 e. The third-order valence-corrected chi connectivity index (χ3v) is 5.40. The van der Waals surface area contributed by atoms with Gasteiger partial charge in [-0.05, 0) is 45.6 Å². The number of nitrogens with one attached hydrogen (secondary N) is 1. The van der Waals surface area contributed by atoms with Crippen molar-refractivity contribution in [1.82, 2.24) is 10.2 Å². The molecule has 2 fully saturated rings. The van der Waals surface area contributed by atoms with Crippen LogP contribution in [0.4, 0.5) is 0 Å². The first-order valence-electron chi connectivity index (χ1n) is 8.74. The van der Waals surface area contributed by atoms with Crippen molar-refractivity contribution in [3.8, 4) is 0 Å². The summed E-state index contributed by atoms with van der Waals surface area (Å²) in [5.41, 5.74) is 0. The van der Waals surface area contributed by atoms with Crippen LogP contribution in [0, 0.1) is 5.92 Å². The number of ether oxygens (including phenoxy) is 1. The van der Waals surface area contributed by atoms with Gasteiger partial charge in [-0.25, -0.2) is 0 Å². The molecule has 2 rings (SSSR count). The molecule has 0 spiro atoms. The topological polar surface area (TPSA) is 24.5 Å². The fourth-order valence-electron chi connectivity index (χ4n) is 4.23. The third kappa shape index (κ3) is 3.75. The second-order valence-electron chi connectivity index (χ2n) is 6.83. The van der Waals surface area contributed by atoms with Crippen molar-refractivity contribution in [3.05, 3.63) is 0 Å². The lowest BCUT2D eigenvalue weighted by molar-refractivity contribution is -0.0858. The first-order chi connectivity index (χ1) is 9.69. The first-order valence-corrected chi connectivity index (χ1v) is 8.74. The third-order valence-electron chi connectivity index (χ3n) is 5.40. The highest BCUT2D eigenvalue weighted by Gasteiger charge is 2.38. The molecule has 5 unspecified atom stereocenters. The van der Waals surface area contributed by atoms with E-state index in [1.54, 1.807) is 0 Å². The summed E-state index contributed by atoms with van der Waals surface area (Å²) in [5.74, 6) is 0.935. The molecule has 1 aliphatic heterocycles.